The zero-order valence-electron chi connectivity index (χ0n) is 14.9. The molecule has 0 unspecified atom stereocenters. The molecule has 0 aromatic rings. The quantitative estimate of drug-likeness (QED) is 0.858. The van der Waals surface area contributed by atoms with E-state index in [1.807, 2.05) is 25.7 Å². The standard InChI is InChI=1S/C18H34N2O2/c1-14(16-7-5-6-8-16)19-13-15-9-11-20(12-10-15)17(21)22-18(2,3)4/h14-16,19H,5-13H2,1-4H3/t14-/m1/s1. The second kappa shape index (κ2) is 7.67. The Balaban J connectivity index is 1.65. The van der Waals surface area contributed by atoms with Crippen LogP contribution in [0.5, 0.6) is 0 Å². The lowest BCUT2D eigenvalue weighted by Crippen LogP contribution is -2.44. The molecule has 4 heteroatoms. The fraction of sp³-hybridized carbons (Fsp3) is 0.944. The summed E-state index contributed by atoms with van der Waals surface area (Å²) in [6.07, 6.45) is 7.62. The maximum atomic E-state index is 12.0. The Labute approximate surface area is 136 Å². The summed E-state index contributed by atoms with van der Waals surface area (Å²) in [6.45, 7) is 10.9. The van der Waals surface area contributed by atoms with E-state index in [-0.39, 0.29) is 6.09 Å². The van der Waals surface area contributed by atoms with Gasteiger partial charge in [-0.3, -0.25) is 0 Å². The lowest BCUT2D eigenvalue weighted by atomic mass is 9.95. The van der Waals surface area contributed by atoms with Crippen LogP contribution in [0.25, 0.3) is 0 Å². The number of ether oxygens (including phenoxy) is 1. The molecule has 1 saturated carbocycles. The largest absolute Gasteiger partial charge is 0.444 e. The number of nitrogens with zero attached hydrogens (tertiary/aromatic N) is 1. The fourth-order valence-electron chi connectivity index (χ4n) is 3.62. The van der Waals surface area contributed by atoms with Gasteiger partial charge in [0.1, 0.15) is 5.60 Å². The molecule has 0 spiro atoms. The van der Waals surface area contributed by atoms with Gasteiger partial charge in [0.25, 0.3) is 0 Å². The first-order valence-corrected chi connectivity index (χ1v) is 9.06. The van der Waals surface area contributed by atoms with E-state index < -0.39 is 5.60 Å². The summed E-state index contributed by atoms with van der Waals surface area (Å²) in [5.74, 6) is 1.57. The van der Waals surface area contributed by atoms with Crippen molar-refractivity contribution in [1.82, 2.24) is 10.2 Å². The lowest BCUT2D eigenvalue weighted by molar-refractivity contribution is 0.0183. The fourth-order valence-corrected chi connectivity index (χ4v) is 3.62. The van der Waals surface area contributed by atoms with E-state index in [2.05, 4.69) is 12.2 Å². The Morgan fingerprint density at radius 2 is 1.77 bits per heavy atom. The highest BCUT2D eigenvalue weighted by molar-refractivity contribution is 5.68. The van der Waals surface area contributed by atoms with Crippen LogP contribution in [0.3, 0.4) is 0 Å². The third kappa shape index (κ3) is 5.45. The molecule has 128 valence electrons. The van der Waals surface area contributed by atoms with Crippen LogP contribution in [-0.2, 0) is 4.74 Å². The first kappa shape index (κ1) is 17.6. The maximum absolute atomic E-state index is 12.0. The third-order valence-corrected chi connectivity index (χ3v) is 5.10. The minimum Gasteiger partial charge on any atom is -0.444 e. The van der Waals surface area contributed by atoms with Gasteiger partial charge in [-0.2, -0.15) is 0 Å². The molecule has 0 aromatic carbocycles. The van der Waals surface area contributed by atoms with Crippen molar-refractivity contribution in [1.29, 1.82) is 0 Å². The number of nitrogens with one attached hydrogen (secondary N) is 1. The van der Waals surface area contributed by atoms with Crippen LogP contribution in [0.1, 0.15) is 66.2 Å². The molecule has 0 bridgehead atoms. The predicted molar refractivity (Wildman–Crippen MR) is 90.0 cm³/mol. The molecule has 0 radical (unpaired) electrons. The van der Waals surface area contributed by atoms with Crippen molar-refractivity contribution < 1.29 is 9.53 Å². The number of carbonyl (C=O) groups is 1. The van der Waals surface area contributed by atoms with E-state index in [9.17, 15) is 4.79 Å². The van der Waals surface area contributed by atoms with Crippen molar-refractivity contribution in [2.75, 3.05) is 19.6 Å². The Morgan fingerprint density at radius 3 is 2.32 bits per heavy atom. The summed E-state index contributed by atoms with van der Waals surface area (Å²) in [7, 11) is 0. The molecule has 1 saturated heterocycles. The number of hydrogen-bond donors (Lipinski definition) is 1. The highest BCUT2D eigenvalue weighted by Crippen LogP contribution is 2.28. The zero-order chi connectivity index (χ0) is 16.2. The van der Waals surface area contributed by atoms with Crippen LogP contribution in [-0.4, -0.2) is 42.3 Å². The summed E-state index contributed by atoms with van der Waals surface area (Å²) in [4.78, 5) is 13.9. The average Bonchev–Trinajstić information content (AvgIpc) is 2.97. The molecule has 1 aliphatic carbocycles. The number of likely N-dealkylation sites (tertiary alicyclic amines) is 1. The SMILES string of the molecule is C[C@@H](NCC1CCN(C(=O)OC(C)(C)C)CC1)C1CCCC1. The Bertz CT molecular complexity index is 351. The number of piperidine rings is 1. The molecule has 1 amide bonds. The molecule has 4 nitrogen and oxygen atoms in total. The van der Waals surface area contributed by atoms with Gasteiger partial charge in [-0.15, -0.1) is 0 Å². The molecular formula is C18H34N2O2. The number of hydrogen-bond acceptors (Lipinski definition) is 3. The van der Waals surface area contributed by atoms with Gasteiger partial charge in [0.2, 0.25) is 0 Å². The Hall–Kier alpha value is -0.770. The van der Waals surface area contributed by atoms with Crippen LogP contribution >= 0.6 is 0 Å². The van der Waals surface area contributed by atoms with E-state index >= 15 is 0 Å². The van der Waals surface area contributed by atoms with Crippen molar-refractivity contribution in [2.45, 2.75) is 77.9 Å². The van der Waals surface area contributed by atoms with Crippen molar-refractivity contribution in [3.8, 4) is 0 Å². The van der Waals surface area contributed by atoms with Gasteiger partial charge in [0.15, 0.2) is 0 Å². The molecular weight excluding hydrogens is 276 g/mol. The molecule has 22 heavy (non-hydrogen) atoms. The molecule has 1 heterocycles. The van der Waals surface area contributed by atoms with Gasteiger partial charge in [-0.25, -0.2) is 4.79 Å². The van der Waals surface area contributed by atoms with Crippen molar-refractivity contribution >= 4 is 6.09 Å². The van der Waals surface area contributed by atoms with Crippen LogP contribution < -0.4 is 5.32 Å². The van der Waals surface area contributed by atoms with Gasteiger partial charge in [0, 0.05) is 19.1 Å². The zero-order valence-corrected chi connectivity index (χ0v) is 14.9. The molecule has 2 rings (SSSR count). The van der Waals surface area contributed by atoms with Gasteiger partial charge in [-0.05, 0) is 71.8 Å². The first-order valence-electron chi connectivity index (χ1n) is 9.06. The molecule has 2 aliphatic rings. The third-order valence-electron chi connectivity index (χ3n) is 5.10. The minimum absolute atomic E-state index is 0.154. The highest BCUT2D eigenvalue weighted by atomic mass is 16.6. The van der Waals surface area contributed by atoms with E-state index in [0.717, 1.165) is 38.4 Å². The second-order valence-corrected chi connectivity index (χ2v) is 8.15. The van der Waals surface area contributed by atoms with Gasteiger partial charge in [-0.1, -0.05) is 12.8 Å². The summed E-state index contributed by atoms with van der Waals surface area (Å²) >= 11 is 0. The van der Waals surface area contributed by atoms with Crippen LogP contribution in [0, 0.1) is 11.8 Å². The number of rotatable bonds is 4. The Kier molecular flexibility index (Phi) is 6.13. The molecule has 0 aromatic heterocycles. The van der Waals surface area contributed by atoms with Crippen LogP contribution in [0.2, 0.25) is 0 Å². The molecule has 1 atom stereocenters. The Morgan fingerprint density at radius 1 is 1.18 bits per heavy atom. The van der Waals surface area contributed by atoms with E-state index in [4.69, 9.17) is 4.74 Å². The molecule has 1 aliphatic heterocycles. The average molecular weight is 310 g/mol. The number of amides is 1. The second-order valence-electron chi connectivity index (χ2n) is 8.15. The summed E-state index contributed by atoms with van der Waals surface area (Å²) in [5.41, 5.74) is -0.397. The highest BCUT2D eigenvalue weighted by Gasteiger charge is 2.27. The van der Waals surface area contributed by atoms with Crippen molar-refractivity contribution in [3.05, 3.63) is 0 Å². The summed E-state index contributed by atoms with van der Waals surface area (Å²) in [6, 6.07) is 0.645. The minimum atomic E-state index is -0.397. The van der Waals surface area contributed by atoms with Crippen molar-refractivity contribution in [2.24, 2.45) is 11.8 Å². The predicted octanol–water partition coefficient (Wildman–Crippen LogP) is 3.80. The topological polar surface area (TPSA) is 41.6 Å². The van der Waals surface area contributed by atoms with Gasteiger partial charge in [0.05, 0.1) is 0 Å². The van der Waals surface area contributed by atoms with E-state index in [1.54, 1.807) is 0 Å². The summed E-state index contributed by atoms with van der Waals surface area (Å²) in [5, 5.41) is 3.74. The van der Waals surface area contributed by atoms with E-state index in [1.165, 1.54) is 25.7 Å². The van der Waals surface area contributed by atoms with E-state index in [0.29, 0.717) is 12.0 Å². The normalized spacial score (nSPS) is 22.8. The van der Waals surface area contributed by atoms with Crippen LogP contribution in [0.15, 0.2) is 0 Å². The number of carbonyl (C=O) groups excluding carboxylic acids is 1. The van der Waals surface area contributed by atoms with Gasteiger partial charge < -0.3 is 15.0 Å². The summed E-state index contributed by atoms with van der Waals surface area (Å²) < 4.78 is 5.45. The molecule has 2 fully saturated rings. The molecule has 1 N–H and O–H groups in total. The van der Waals surface area contributed by atoms with Crippen molar-refractivity contribution in [3.63, 3.8) is 0 Å². The van der Waals surface area contributed by atoms with Gasteiger partial charge >= 0.3 is 6.09 Å². The lowest BCUT2D eigenvalue weighted by Gasteiger charge is -2.34. The monoisotopic (exact) mass is 310 g/mol. The first-order chi connectivity index (χ1) is 10.3. The van der Waals surface area contributed by atoms with Crippen LogP contribution in [0.4, 0.5) is 4.79 Å². The smallest absolute Gasteiger partial charge is 0.410 e. The maximum Gasteiger partial charge on any atom is 0.410 e.